The maximum Gasteiger partial charge on any atom is 0.254 e. The fourth-order valence-electron chi connectivity index (χ4n) is 6.22. The highest BCUT2D eigenvalue weighted by atomic mass is 16.5. The standard InChI is InChI=1S/C33H42N4O3/c1-22-17-23(2)35-33(39)30(22)20-34-32(38)29-18-27(19-31(24(29)3)36(4)28-7-5-6-8-28)26-11-9-25(10-12-26)21-37-13-15-40-16-14-37/h9-12,17-19,28,30H,5-8,13-16,20-21H2,1-4H3,(H,34,38). The second-order valence-corrected chi connectivity index (χ2v) is 11.5. The number of hydrogen-bond donors (Lipinski definition) is 1. The first kappa shape index (κ1) is 28.2. The molecular weight excluding hydrogens is 500 g/mol. The van der Waals surface area contributed by atoms with Gasteiger partial charge in [-0.15, -0.1) is 0 Å². The van der Waals surface area contributed by atoms with Gasteiger partial charge in [-0.05, 0) is 74.1 Å². The zero-order valence-electron chi connectivity index (χ0n) is 24.3. The number of allylic oxidation sites excluding steroid dienone is 1. The minimum Gasteiger partial charge on any atom is -0.379 e. The van der Waals surface area contributed by atoms with Gasteiger partial charge in [0.1, 0.15) is 0 Å². The van der Waals surface area contributed by atoms with Crippen molar-refractivity contribution in [2.45, 2.75) is 59.0 Å². The number of anilines is 1. The largest absolute Gasteiger partial charge is 0.379 e. The molecule has 1 N–H and O–H groups in total. The summed E-state index contributed by atoms with van der Waals surface area (Å²) in [6.07, 6.45) is 6.76. The highest BCUT2D eigenvalue weighted by molar-refractivity contribution is 6.06. The third-order valence-corrected chi connectivity index (χ3v) is 8.71. The van der Waals surface area contributed by atoms with E-state index in [1.807, 2.05) is 32.9 Å². The molecule has 0 bridgehead atoms. The number of carbonyl (C=O) groups excluding carboxylic acids is 2. The molecule has 40 heavy (non-hydrogen) atoms. The first-order valence-electron chi connectivity index (χ1n) is 14.6. The van der Waals surface area contributed by atoms with Crippen molar-refractivity contribution in [2.75, 3.05) is 44.8 Å². The van der Waals surface area contributed by atoms with Crippen LogP contribution in [0.3, 0.4) is 0 Å². The number of benzene rings is 2. The van der Waals surface area contributed by atoms with E-state index in [4.69, 9.17) is 4.74 Å². The molecule has 2 aromatic carbocycles. The van der Waals surface area contributed by atoms with Crippen LogP contribution in [0.1, 0.15) is 61.0 Å². The summed E-state index contributed by atoms with van der Waals surface area (Å²) in [4.78, 5) is 35.0. The van der Waals surface area contributed by atoms with E-state index in [-0.39, 0.29) is 18.4 Å². The third kappa shape index (κ3) is 6.37. The Hall–Kier alpha value is -3.29. The van der Waals surface area contributed by atoms with Crippen molar-refractivity contribution in [2.24, 2.45) is 10.9 Å². The molecule has 7 nitrogen and oxygen atoms in total. The van der Waals surface area contributed by atoms with Gasteiger partial charge in [-0.3, -0.25) is 14.5 Å². The van der Waals surface area contributed by atoms with Gasteiger partial charge in [-0.25, -0.2) is 4.99 Å². The number of amides is 2. The van der Waals surface area contributed by atoms with Crippen LogP contribution in [-0.4, -0.2) is 68.4 Å². The van der Waals surface area contributed by atoms with E-state index in [2.05, 4.69) is 57.5 Å². The molecule has 0 aromatic heterocycles. The molecule has 2 fully saturated rings. The van der Waals surface area contributed by atoms with Crippen molar-refractivity contribution in [3.05, 3.63) is 64.7 Å². The normalized spacial score (nSPS) is 20.3. The molecule has 2 aliphatic heterocycles. The number of hydrogen-bond acceptors (Lipinski definition) is 5. The smallest absolute Gasteiger partial charge is 0.254 e. The number of nitrogens with zero attached hydrogens (tertiary/aromatic N) is 3. The van der Waals surface area contributed by atoms with E-state index in [0.717, 1.165) is 60.8 Å². The van der Waals surface area contributed by atoms with Gasteiger partial charge in [0.05, 0.1) is 19.1 Å². The predicted octanol–water partition coefficient (Wildman–Crippen LogP) is 5.17. The van der Waals surface area contributed by atoms with E-state index < -0.39 is 5.92 Å². The topological polar surface area (TPSA) is 74.2 Å². The molecule has 2 heterocycles. The molecule has 0 radical (unpaired) electrons. The van der Waals surface area contributed by atoms with Crippen LogP contribution in [-0.2, 0) is 16.1 Å². The number of morpholine rings is 1. The minimum absolute atomic E-state index is 0.156. The van der Waals surface area contributed by atoms with E-state index in [9.17, 15) is 9.59 Å². The quantitative estimate of drug-likeness (QED) is 0.499. The first-order chi connectivity index (χ1) is 19.3. The highest BCUT2D eigenvalue weighted by Gasteiger charge is 2.27. The lowest BCUT2D eigenvalue weighted by Crippen LogP contribution is -2.35. The number of rotatable bonds is 8. The van der Waals surface area contributed by atoms with Gasteiger partial charge in [0, 0.05) is 56.2 Å². The Balaban J connectivity index is 1.41. The summed E-state index contributed by atoms with van der Waals surface area (Å²) < 4.78 is 5.48. The first-order valence-corrected chi connectivity index (χ1v) is 14.6. The molecule has 5 rings (SSSR count). The number of aliphatic imine (C=N–C) groups is 1. The van der Waals surface area contributed by atoms with E-state index >= 15 is 0 Å². The molecule has 212 valence electrons. The van der Waals surface area contributed by atoms with Gasteiger partial charge in [0.15, 0.2) is 0 Å². The molecule has 2 aromatic rings. The lowest BCUT2D eigenvalue weighted by Gasteiger charge is -2.30. The number of carbonyl (C=O) groups is 2. The van der Waals surface area contributed by atoms with Gasteiger partial charge >= 0.3 is 0 Å². The lowest BCUT2D eigenvalue weighted by molar-refractivity contribution is -0.120. The average Bonchev–Trinajstić information content (AvgIpc) is 3.48. The zero-order chi connectivity index (χ0) is 28.2. The summed E-state index contributed by atoms with van der Waals surface area (Å²) >= 11 is 0. The van der Waals surface area contributed by atoms with Crippen molar-refractivity contribution in [3.8, 4) is 11.1 Å². The zero-order valence-corrected chi connectivity index (χ0v) is 24.3. The second kappa shape index (κ2) is 12.5. The van der Waals surface area contributed by atoms with Gasteiger partial charge in [-0.2, -0.15) is 0 Å². The second-order valence-electron chi connectivity index (χ2n) is 11.5. The highest BCUT2D eigenvalue weighted by Crippen LogP contribution is 2.35. The summed E-state index contributed by atoms with van der Waals surface area (Å²) in [7, 11) is 2.16. The van der Waals surface area contributed by atoms with Crippen LogP contribution >= 0.6 is 0 Å². The van der Waals surface area contributed by atoms with Crippen molar-refractivity contribution in [1.29, 1.82) is 0 Å². The van der Waals surface area contributed by atoms with Crippen LogP contribution in [0.5, 0.6) is 0 Å². The predicted molar refractivity (Wildman–Crippen MR) is 161 cm³/mol. The number of ether oxygens (including phenoxy) is 1. The van der Waals surface area contributed by atoms with Crippen molar-refractivity contribution < 1.29 is 14.3 Å². The minimum atomic E-state index is -0.421. The summed E-state index contributed by atoms with van der Waals surface area (Å²) in [5.74, 6) is -0.769. The molecule has 2 amide bonds. The molecule has 1 saturated heterocycles. The lowest BCUT2D eigenvalue weighted by atomic mass is 9.94. The molecule has 1 aliphatic carbocycles. The molecule has 0 spiro atoms. The maximum atomic E-state index is 13.6. The van der Waals surface area contributed by atoms with Crippen LogP contribution < -0.4 is 10.2 Å². The van der Waals surface area contributed by atoms with Crippen molar-refractivity contribution in [1.82, 2.24) is 10.2 Å². The molecule has 1 atom stereocenters. The maximum absolute atomic E-state index is 13.6. The summed E-state index contributed by atoms with van der Waals surface area (Å²) in [6, 6.07) is 13.4. The molecule has 3 aliphatic rings. The van der Waals surface area contributed by atoms with Crippen LogP contribution in [0, 0.1) is 12.8 Å². The Kier molecular flexibility index (Phi) is 8.81. The Labute approximate surface area is 238 Å². The van der Waals surface area contributed by atoms with Crippen LogP contribution in [0.25, 0.3) is 11.1 Å². The van der Waals surface area contributed by atoms with Crippen LogP contribution in [0.2, 0.25) is 0 Å². The van der Waals surface area contributed by atoms with Crippen LogP contribution in [0.15, 0.2) is 53.0 Å². The Morgan fingerprint density at radius 2 is 1.75 bits per heavy atom. The van der Waals surface area contributed by atoms with E-state index in [0.29, 0.717) is 17.3 Å². The molecule has 1 saturated carbocycles. The fraction of sp³-hybridized carbons (Fsp3) is 0.485. The van der Waals surface area contributed by atoms with Crippen molar-refractivity contribution >= 4 is 23.2 Å². The van der Waals surface area contributed by atoms with Crippen LogP contribution in [0.4, 0.5) is 5.69 Å². The summed E-state index contributed by atoms with van der Waals surface area (Å²) in [5, 5.41) is 3.05. The summed E-state index contributed by atoms with van der Waals surface area (Å²) in [5.41, 5.74) is 7.75. The van der Waals surface area contributed by atoms with E-state index in [1.165, 1.54) is 31.2 Å². The molecule has 7 heteroatoms. The number of nitrogens with one attached hydrogen (secondary N) is 1. The third-order valence-electron chi connectivity index (χ3n) is 8.71. The van der Waals surface area contributed by atoms with Gasteiger partial charge in [0.25, 0.3) is 11.8 Å². The fourth-order valence-corrected chi connectivity index (χ4v) is 6.22. The summed E-state index contributed by atoms with van der Waals surface area (Å²) in [6.45, 7) is 10.4. The number of dihydropyridines is 1. The monoisotopic (exact) mass is 542 g/mol. The van der Waals surface area contributed by atoms with Crippen molar-refractivity contribution in [3.63, 3.8) is 0 Å². The van der Waals surface area contributed by atoms with Gasteiger partial charge < -0.3 is 15.0 Å². The molecule has 1 unspecified atom stereocenters. The Morgan fingerprint density at radius 1 is 1.05 bits per heavy atom. The SMILES string of the molecule is CC1=CC(C)=NC(=O)C1CNC(=O)c1cc(-c2ccc(CN3CCOCC3)cc2)cc(N(C)C2CCCC2)c1C. The van der Waals surface area contributed by atoms with E-state index in [1.54, 1.807) is 0 Å². The average molecular weight is 543 g/mol. The molecular formula is C33H42N4O3. The Bertz CT molecular complexity index is 1300. The van der Waals surface area contributed by atoms with Gasteiger partial charge in [-0.1, -0.05) is 42.7 Å². The Morgan fingerprint density at radius 3 is 2.42 bits per heavy atom. The van der Waals surface area contributed by atoms with Gasteiger partial charge in [0.2, 0.25) is 0 Å².